The Hall–Kier alpha value is -0.610. The van der Waals surface area contributed by atoms with Crippen LogP contribution in [0.25, 0.3) is 0 Å². The van der Waals surface area contributed by atoms with Gasteiger partial charge in [-0.05, 0) is 70.0 Å². The molecule has 1 aliphatic heterocycles. The summed E-state index contributed by atoms with van der Waals surface area (Å²) in [4.78, 5) is 17.2. The number of fused-ring (bicyclic) bond motifs is 2. The Morgan fingerprint density at radius 1 is 1.14 bits per heavy atom. The van der Waals surface area contributed by atoms with E-state index in [0.29, 0.717) is 12.6 Å². The molecule has 3 aliphatic rings. The molecule has 2 saturated carbocycles. The minimum atomic E-state index is 0.236. The van der Waals surface area contributed by atoms with Gasteiger partial charge in [-0.1, -0.05) is 13.3 Å². The minimum Gasteiger partial charge on any atom is -0.352 e. The maximum Gasteiger partial charge on any atom is 0.234 e. The van der Waals surface area contributed by atoms with Gasteiger partial charge in [0.2, 0.25) is 5.91 Å². The van der Waals surface area contributed by atoms with E-state index in [2.05, 4.69) is 29.0 Å². The Kier molecular flexibility index (Phi) is 5.40. The highest BCUT2D eigenvalue weighted by atomic mass is 16.2. The smallest absolute Gasteiger partial charge is 0.234 e. The van der Waals surface area contributed by atoms with E-state index in [-0.39, 0.29) is 5.91 Å². The fourth-order valence-electron chi connectivity index (χ4n) is 5.01. The quantitative estimate of drug-likeness (QED) is 0.843. The van der Waals surface area contributed by atoms with E-state index >= 15 is 0 Å². The lowest BCUT2D eigenvalue weighted by atomic mass is 9.84. The van der Waals surface area contributed by atoms with E-state index in [4.69, 9.17) is 0 Å². The summed E-state index contributed by atoms with van der Waals surface area (Å²) in [6, 6.07) is 0.363. The van der Waals surface area contributed by atoms with Gasteiger partial charge >= 0.3 is 0 Å². The van der Waals surface area contributed by atoms with Crippen LogP contribution in [0.5, 0.6) is 0 Å². The predicted octanol–water partition coefficient (Wildman–Crippen LogP) is 1.95. The van der Waals surface area contributed by atoms with Gasteiger partial charge in [-0.15, -0.1) is 0 Å². The van der Waals surface area contributed by atoms with E-state index in [0.717, 1.165) is 43.9 Å². The second kappa shape index (κ2) is 7.31. The number of hydrogen-bond acceptors (Lipinski definition) is 3. The molecule has 3 rings (SSSR count). The SMILES string of the molecule is CCN1CCCN(CC(=O)N[C@H](C)[C@@H]2C[C@H]3CC[C@H]2C3)CC1. The normalized spacial score (nSPS) is 34.5. The summed E-state index contributed by atoms with van der Waals surface area (Å²) in [7, 11) is 0. The minimum absolute atomic E-state index is 0.236. The molecular weight excluding hydrogens is 274 g/mol. The molecule has 1 N–H and O–H groups in total. The highest BCUT2D eigenvalue weighted by molar-refractivity contribution is 5.78. The maximum atomic E-state index is 12.4. The molecule has 0 aromatic heterocycles. The molecule has 2 aliphatic carbocycles. The monoisotopic (exact) mass is 307 g/mol. The summed E-state index contributed by atoms with van der Waals surface area (Å²) in [5.74, 6) is 2.82. The van der Waals surface area contributed by atoms with E-state index in [1.807, 2.05) is 0 Å². The van der Waals surface area contributed by atoms with Crippen molar-refractivity contribution in [3.63, 3.8) is 0 Å². The first-order valence-corrected chi connectivity index (χ1v) is 9.39. The average molecular weight is 307 g/mol. The fourth-order valence-corrected chi connectivity index (χ4v) is 5.01. The van der Waals surface area contributed by atoms with Crippen molar-refractivity contribution in [2.45, 2.75) is 52.0 Å². The number of amides is 1. The number of likely N-dealkylation sites (N-methyl/N-ethyl adjacent to an activating group) is 1. The van der Waals surface area contributed by atoms with Gasteiger partial charge in [-0.3, -0.25) is 9.69 Å². The lowest BCUT2D eigenvalue weighted by Gasteiger charge is -2.29. The van der Waals surface area contributed by atoms with Crippen LogP contribution in [-0.4, -0.2) is 61.0 Å². The van der Waals surface area contributed by atoms with Crippen LogP contribution < -0.4 is 5.32 Å². The van der Waals surface area contributed by atoms with Crippen molar-refractivity contribution in [2.24, 2.45) is 17.8 Å². The van der Waals surface area contributed by atoms with Gasteiger partial charge in [0, 0.05) is 19.1 Å². The first-order valence-electron chi connectivity index (χ1n) is 9.39. The molecule has 1 saturated heterocycles. The van der Waals surface area contributed by atoms with Crippen molar-refractivity contribution in [1.82, 2.24) is 15.1 Å². The van der Waals surface area contributed by atoms with Crippen molar-refractivity contribution in [2.75, 3.05) is 39.3 Å². The van der Waals surface area contributed by atoms with Gasteiger partial charge < -0.3 is 10.2 Å². The lowest BCUT2D eigenvalue weighted by molar-refractivity contribution is -0.123. The maximum absolute atomic E-state index is 12.4. The van der Waals surface area contributed by atoms with Crippen molar-refractivity contribution < 1.29 is 4.79 Å². The molecule has 0 aromatic rings. The first-order chi connectivity index (χ1) is 10.7. The van der Waals surface area contributed by atoms with Crippen molar-refractivity contribution >= 4 is 5.91 Å². The highest BCUT2D eigenvalue weighted by Gasteiger charge is 2.42. The van der Waals surface area contributed by atoms with Crippen LogP contribution in [-0.2, 0) is 4.79 Å². The predicted molar refractivity (Wildman–Crippen MR) is 89.7 cm³/mol. The van der Waals surface area contributed by atoms with Crippen LogP contribution in [0.1, 0.15) is 46.0 Å². The van der Waals surface area contributed by atoms with Crippen molar-refractivity contribution in [3.05, 3.63) is 0 Å². The molecule has 1 heterocycles. The molecule has 4 atom stereocenters. The van der Waals surface area contributed by atoms with E-state index < -0.39 is 0 Å². The Morgan fingerprint density at radius 2 is 1.91 bits per heavy atom. The molecule has 0 spiro atoms. The van der Waals surface area contributed by atoms with Crippen LogP contribution in [0.15, 0.2) is 0 Å². The summed E-state index contributed by atoms with van der Waals surface area (Å²) in [6.07, 6.45) is 6.78. The summed E-state index contributed by atoms with van der Waals surface area (Å²) >= 11 is 0. The highest BCUT2D eigenvalue weighted by Crippen LogP contribution is 2.49. The zero-order valence-electron chi connectivity index (χ0n) is 14.4. The fraction of sp³-hybridized carbons (Fsp3) is 0.944. The molecule has 126 valence electrons. The number of nitrogens with zero attached hydrogens (tertiary/aromatic N) is 2. The van der Waals surface area contributed by atoms with Crippen molar-refractivity contribution in [1.29, 1.82) is 0 Å². The van der Waals surface area contributed by atoms with Crippen LogP contribution in [0.3, 0.4) is 0 Å². The number of carbonyl (C=O) groups is 1. The summed E-state index contributed by atoms with van der Waals surface area (Å²) in [6.45, 7) is 10.5. The Morgan fingerprint density at radius 3 is 2.59 bits per heavy atom. The molecule has 22 heavy (non-hydrogen) atoms. The second-order valence-electron chi connectivity index (χ2n) is 7.76. The number of carbonyl (C=O) groups excluding carboxylic acids is 1. The Balaban J connectivity index is 1.42. The van der Waals surface area contributed by atoms with Crippen LogP contribution >= 0.6 is 0 Å². The van der Waals surface area contributed by atoms with Gasteiger partial charge in [0.15, 0.2) is 0 Å². The van der Waals surface area contributed by atoms with Gasteiger partial charge in [0.25, 0.3) is 0 Å². The van der Waals surface area contributed by atoms with Crippen LogP contribution in [0.4, 0.5) is 0 Å². The third kappa shape index (κ3) is 3.83. The zero-order chi connectivity index (χ0) is 15.5. The lowest BCUT2D eigenvalue weighted by Crippen LogP contribution is -2.45. The molecule has 3 fully saturated rings. The Labute approximate surface area is 135 Å². The largest absolute Gasteiger partial charge is 0.352 e. The number of hydrogen-bond donors (Lipinski definition) is 1. The standard InChI is InChI=1S/C18H33N3O/c1-3-20-7-4-8-21(10-9-20)13-18(22)19-14(2)17-12-15-5-6-16(17)11-15/h14-17H,3-13H2,1-2H3,(H,19,22)/t14-,15+,16+,17+/m1/s1. The van der Waals surface area contributed by atoms with Gasteiger partial charge in [-0.25, -0.2) is 0 Å². The molecular formula is C18H33N3O. The Bertz CT molecular complexity index is 387. The topological polar surface area (TPSA) is 35.6 Å². The summed E-state index contributed by atoms with van der Waals surface area (Å²) in [5.41, 5.74) is 0. The average Bonchev–Trinajstić information content (AvgIpc) is 3.06. The molecule has 0 unspecified atom stereocenters. The molecule has 4 heteroatoms. The van der Waals surface area contributed by atoms with Gasteiger partial charge in [0.05, 0.1) is 6.54 Å². The molecule has 2 bridgehead atoms. The molecule has 1 amide bonds. The third-order valence-corrected chi connectivity index (χ3v) is 6.32. The van der Waals surface area contributed by atoms with E-state index in [9.17, 15) is 4.79 Å². The summed E-state index contributed by atoms with van der Waals surface area (Å²) < 4.78 is 0. The number of rotatable bonds is 5. The van der Waals surface area contributed by atoms with Gasteiger partial charge in [0.1, 0.15) is 0 Å². The van der Waals surface area contributed by atoms with Crippen LogP contribution in [0, 0.1) is 17.8 Å². The van der Waals surface area contributed by atoms with Crippen LogP contribution in [0.2, 0.25) is 0 Å². The summed E-state index contributed by atoms with van der Waals surface area (Å²) in [5, 5.41) is 3.31. The molecule has 0 aromatic carbocycles. The molecule has 0 radical (unpaired) electrons. The zero-order valence-corrected chi connectivity index (χ0v) is 14.4. The van der Waals surface area contributed by atoms with Gasteiger partial charge in [-0.2, -0.15) is 0 Å². The third-order valence-electron chi connectivity index (χ3n) is 6.32. The first kappa shape index (κ1) is 16.3. The second-order valence-corrected chi connectivity index (χ2v) is 7.76. The van der Waals surface area contributed by atoms with E-state index in [1.165, 1.54) is 38.6 Å². The molecule has 4 nitrogen and oxygen atoms in total. The van der Waals surface area contributed by atoms with Crippen molar-refractivity contribution in [3.8, 4) is 0 Å². The number of nitrogens with one attached hydrogen (secondary N) is 1. The van der Waals surface area contributed by atoms with E-state index in [1.54, 1.807) is 0 Å².